The van der Waals surface area contributed by atoms with Crippen LogP contribution in [0, 0.1) is 18.7 Å². The van der Waals surface area contributed by atoms with Crippen LogP contribution in [-0.2, 0) is 12.6 Å². The lowest BCUT2D eigenvalue weighted by molar-refractivity contribution is -0.137. The standard InChI is InChI=1S/C23H22F4N2O2/c1-13-6-16(4-5-20(13)22(30)31)21(29-12-14-2-3-14)11-19(28)9-15-7-17(23(25,26)27)10-18(24)8-15/h4-8,10-11,14H,2-3,9,12,28H2,1H3,(H,30,31). The summed E-state index contributed by atoms with van der Waals surface area (Å²) in [5.74, 6) is -1.54. The average Bonchev–Trinajstić information content (AvgIpc) is 3.48. The Morgan fingerprint density at radius 2 is 1.94 bits per heavy atom. The maximum atomic E-state index is 13.7. The average molecular weight is 434 g/mol. The van der Waals surface area contributed by atoms with Gasteiger partial charge >= 0.3 is 12.1 Å². The van der Waals surface area contributed by atoms with Crippen molar-refractivity contribution in [1.82, 2.24) is 0 Å². The zero-order chi connectivity index (χ0) is 22.8. The van der Waals surface area contributed by atoms with Crippen LogP contribution in [0.15, 0.2) is 53.2 Å². The Bertz CT molecular complexity index is 1050. The largest absolute Gasteiger partial charge is 0.478 e. The van der Waals surface area contributed by atoms with E-state index in [1.807, 2.05) is 0 Å². The molecule has 2 aromatic rings. The predicted octanol–water partition coefficient (Wildman–Crippen LogP) is 5.14. The van der Waals surface area contributed by atoms with E-state index in [0.717, 1.165) is 25.0 Å². The molecule has 0 saturated heterocycles. The summed E-state index contributed by atoms with van der Waals surface area (Å²) in [6, 6.07) is 7.11. The van der Waals surface area contributed by atoms with Crippen LogP contribution in [0.5, 0.6) is 0 Å². The number of rotatable bonds is 7. The molecule has 1 saturated carbocycles. The van der Waals surface area contributed by atoms with Crippen LogP contribution in [0.1, 0.15) is 45.5 Å². The van der Waals surface area contributed by atoms with Gasteiger partial charge < -0.3 is 10.8 Å². The highest BCUT2D eigenvalue weighted by Crippen LogP contribution is 2.31. The normalized spacial score (nSPS) is 15.3. The molecule has 0 atom stereocenters. The number of allylic oxidation sites excluding steroid dienone is 2. The Kier molecular flexibility index (Phi) is 6.48. The highest BCUT2D eigenvalue weighted by atomic mass is 19.4. The van der Waals surface area contributed by atoms with E-state index >= 15 is 0 Å². The van der Waals surface area contributed by atoms with Crippen LogP contribution in [0.4, 0.5) is 17.6 Å². The maximum Gasteiger partial charge on any atom is 0.416 e. The fraction of sp³-hybridized carbons (Fsp3) is 0.304. The van der Waals surface area contributed by atoms with Crippen molar-refractivity contribution in [3.63, 3.8) is 0 Å². The number of aryl methyl sites for hydroxylation is 1. The van der Waals surface area contributed by atoms with Gasteiger partial charge in [-0.25, -0.2) is 9.18 Å². The highest BCUT2D eigenvalue weighted by molar-refractivity contribution is 6.09. The monoisotopic (exact) mass is 434 g/mol. The molecule has 31 heavy (non-hydrogen) atoms. The third-order valence-electron chi connectivity index (χ3n) is 4.98. The van der Waals surface area contributed by atoms with Gasteiger partial charge in [0, 0.05) is 24.2 Å². The van der Waals surface area contributed by atoms with Gasteiger partial charge in [-0.3, -0.25) is 4.99 Å². The minimum Gasteiger partial charge on any atom is -0.478 e. The van der Waals surface area contributed by atoms with Gasteiger partial charge in [0.15, 0.2) is 0 Å². The predicted molar refractivity (Wildman–Crippen MR) is 110 cm³/mol. The lowest BCUT2D eigenvalue weighted by Gasteiger charge is -2.11. The van der Waals surface area contributed by atoms with Gasteiger partial charge in [-0.15, -0.1) is 0 Å². The molecule has 4 nitrogen and oxygen atoms in total. The molecule has 0 amide bonds. The van der Waals surface area contributed by atoms with Gasteiger partial charge in [-0.05, 0) is 73.2 Å². The number of carboxylic acids is 1. The molecule has 0 unspecified atom stereocenters. The second-order valence-corrected chi connectivity index (χ2v) is 7.75. The van der Waals surface area contributed by atoms with Crippen LogP contribution in [0.3, 0.4) is 0 Å². The number of hydrogen-bond acceptors (Lipinski definition) is 3. The summed E-state index contributed by atoms with van der Waals surface area (Å²) < 4.78 is 52.5. The van der Waals surface area contributed by atoms with Gasteiger partial charge in [-0.2, -0.15) is 13.2 Å². The molecule has 0 bridgehead atoms. The van der Waals surface area contributed by atoms with Crippen molar-refractivity contribution in [3.05, 3.63) is 81.8 Å². The third-order valence-corrected chi connectivity index (χ3v) is 4.98. The Morgan fingerprint density at radius 1 is 1.23 bits per heavy atom. The van der Waals surface area contributed by atoms with E-state index < -0.39 is 23.5 Å². The first-order valence-corrected chi connectivity index (χ1v) is 9.74. The van der Waals surface area contributed by atoms with Gasteiger partial charge in [0.1, 0.15) is 5.82 Å². The topological polar surface area (TPSA) is 75.7 Å². The van der Waals surface area contributed by atoms with Crippen molar-refractivity contribution >= 4 is 11.7 Å². The summed E-state index contributed by atoms with van der Waals surface area (Å²) in [7, 11) is 0. The van der Waals surface area contributed by atoms with Crippen molar-refractivity contribution < 1.29 is 27.5 Å². The minimum atomic E-state index is -4.66. The van der Waals surface area contributed by atoms with Gasteiger partial charge in [0.25, 0.3) is 0 Å². The molecular formula is C23H22F4N2O2. The lowest BCUT2D eigenvalue weighted by Crippen LogP contribution is -2.10. The number of aliphatic imine (C=N–C) groups is 1. The van der Waals surface area contributed by atoms with E-state index in [9.17, 15) is 27.5 Å². The van der Waals surface area contributed by atoms with Crippen LogP contribution in [0.2, 0.25) is 0 Å². The summed E-state index contributed by atoms with van der Waals surface area (Å²) in [5.41, 5.74) is 7.20. The number of carboxylic acid groups (broad SMARTS) is 1. The number of carbonyl (C=O) groups is 1. The highest BCUT2D eigenvalue weighted by Gasteiger charge is 2.31. The molecule has 0 heterocycles. The molecule has 8 heteroatoms. The lowest BCUT2D eigenvalue weighted by atomic mass is 10.00. The van der Waals surface area contributed by atoms with Crippen LogP contribution < -0.4 is 5.73 Å². The van der Waals surface area contributed by atoms with E-state index in [2.05, 4.69) is 4.99 Å². The van der Waals surface area contributed by atoms with Crippen LogP contribution in [0.25, 0.3) is 0 Å². The summed E-state index contributed by atoms with van der Waals surface area (Å²) in [5, 5.41) is 9.22. The van der Waals surface area contributed by atoms with Gasteiger partial charge in [0.2, 0.25) is 0 Å². The van der Waals surface area contributed by atoms with E-state index in [1.165, 1.54) is 6.07 Å². The second kappa shape index (κ2) is 8.91. The molecule has 0 spiro atoms. The number of halogens is 4. The van der Waals surface area contributed by atoms with Gasteiger partial charge in [0.05, 0.1) is 16.8 Å². The van der Waals surface area contributed by atoms with E-state index in [0.29, 0.717) is 35.4 Å². The minimum absolute atomic E-state index is 0.0878. The number of nitrogens with zero attached hydrogens (tertiary/aromatic N) is 1. The molecule has 1 aliphatic carbocycles. The Labute approximate surface area is 177 Å². The molecule has 0 aromatic heterocycles. The summed E-state index contributed by atoms with van der Waals surface area (Å²) in [6.07, 6.45) is -1.03. The summed E-state index contributed by atoms with van der Waals surface area (Å²) >= 11 is 0. The molecule has 3 N–H and O–H groups in total. The first kappa shape index (κ1) is 22.5. The quantitative estimate of drug-likeness (QED) is 0.468. The van der Waals surface area contributed by atoms with Crippen molar-refractivity contribution in [2.24, 2.45) is 16.6 Å². The van der Waals surface area contributed by atoms with Crippen molar-refractivity contribution in [2.45, 2.75) is 32.4 Å². The number of aromatic carboxylic acids is 1. The molecule has 164 valence electrons. The molecule has 2 aromatic carbocycles. The van der Waals surface area contributed by atoms with Crippen molar-refractivity contribution in [1.29, 1.82) is 0 Å². The Hall–Kier alpha value is -3.16. The number of alkyl halides is 3. The van der Waals surface area contributed by atoms with Gasteiger partial charge in [-0.1, -0.05) is 6.07 Å². The smallest absolute Gasteiger partial charge is 0.416 e. The summed E-state index contributed by atoms with van der Waals surface area (Å²) in [6.45, 7) is 2.25. The molecule has 3 rings (SSSR count). The first-order valence-electron chi connectivity index (χ1n) is 9.74. The van der Waals surface area contributed by atoms with Crippen LogP contribution >= 0.6 is 0 Å². The first-order chi connectivity index (χ1) is 14.5. The zero-order valence-corrected chi connectivity index (χ0v) is 16.8. The zero-order valence-electron chi connectivity index (χ0n) is 16.8. The fourth-order valence-electron chi connectivity index (χ4n) is 3.19. The number of benzene rings is 2. The van der Waals surface area contributed by atoms with Crippen LogP contribution in [-0.4, -0.2) is 23.3 Å². The second-order valence-electron chi connectivity index (χ2n) is 7.75. The molecule has 0 aliphatic heterocycles. The van der Waals surface area contributed by atoms with E-state index in [4.69, 9.17) is 5.73 Å². The van der Waals surface area contributed by atoms with E-state index in [-0.39, 0.29) is 23.2 Å². The maximum absolute atomic E-state index is 13.7. The van der Waals surface area contributed by atoms with Crippen molar-refractivity contribution in [3.8, 4) is 0 Å². The number of hydrogen-bond donors (Lipinski definition) is 2. The Morgan fingerprint density at radius 3 is 2.52 bits per heavy atom. The molecule has 1 aliphatic rings. The summed E-state index contributed by atoms with van der Waals surface area (Å²) in [4.78, 5) is 15.8. The van der Waals surface area contributed by atoms with Crippen molar-refractivity contribution in [2.75, 3.05) is 6.54 Å². The SMILES string of the molecule is Cc1cc(C(C=C(N)Cc2cc(F)cc(C(F)(F)F)c2)=NCC2CC2)ccc1C(=O)O. The molecule has 0 radical (unpaired) electrons. The van der Waals surface area contributed by atoms with E-state index in [1.54, 1.807) is 25.1 Å². The fourth-order valence-corrected chi connectivity index (χ4v) is 3.19. The molecular weight excluding hydrogens is 412 g/mol. The molecule has 1 fully saturated rings. The Balaban J connectivity index is 1.90. The number of nitrogens with two attached hydrogens (primary N) is 1. The third kappa shape index (κ3) is 6.16.